The second-order valence-corrected chi connectivity index (χ2v) is 31.2. The first-order chi connectivity index (χ1) is 42.6. The highest BCUT2D eigenvalue weighted by atomic mass is 32.1. The smallest absolute Gasteiger partial charge is 0.233 e. The predicted octanol–water partition coefficient (Wildman–Crippen LogP) is 10.1. The number of piperazine rings is 3. The maximum Gasteiger partial charge on any atom is 0.233 e. The van der Waals surface area contributed by atoms with Crippen molar-refractivity contribution in [1.29, 1.82) is 0 Å². The number of thiophene rings is 2. The molecule has 7 fully saturated rings. The third-order valence-corrected chi connectivity index (χ3v) is 24.2. The van der Waals surface area contributed by atoms with Crippen molar-refractivity contribution in [2.24, 2.45) is 0 Å². The number of aliphatic hydroxyl groups is 2. The van der Waals surface area contributed by atoms with Crippen LogP contribution >= 0.6 is 22.7 Å². The molecule has 0 spiro atoms. The lowest BCUT2D eigenvalue weighted by molar-refractivity contribution is -0.138. The van der Waals surface area contributed by atoms with Gasteiger partial charge in [-0.05, 0) is 185 Å². The Labute approximate surface area is 537 Å². The van der Waals surface area contributed by atoms with E-state index in [1.54, 1.807) is 29.6 Å². The number of benzene rings is 2. The Bertz CT molecular complexity index is 3420. The topological polar surface area (TPSA) is 149 Å². The number of hydrogen-bond acceptors (Lipinski definition) is 12. The molecule has 13 rings (SSSR count). The van der Waals surface area contributed by atoms with E-state index in [2.05, 4.69) is 148 Å². The fourth-order valence-electron chi connectivity index (χ4n) is 16.5. The van der Waals surface area contributed by atoms with Crippen molar-refractivity contribution in [3.8, 4) is 22.5 Å². The maximum absolute atomic E-state index is 14.0. The van der Waals surface area contributed by atoms with Crippen LogP contribution in [0.25, 0.3) is 42.9 Å². The number of carbonyl (C=O) groups excluding carboxylic acids is 3. The lowest BCUT2D eigenvalue weighted by atomic mass is 9.88. The van der Waals surface area contributed by atoms with Crippen molar-refractivity contribution in [3.05, 3.63) is 91.7 Å². The Morgan fingerprint density at radius 1 is 0.494 bits per heavy atom. The van der Waals surface area contributed by atoms with Crippen LogP contribution in [0, 0.1) is 27.7 Å². The Morgan fingerprint density at radius 3 is 1.16 bits per heavy atom. The molecule has 3 amide bonds. The van der Waals surface area contributed by atoms with E-state index in [4.69, 9.17) is 0 Å². The first-order valence-corrected chi connectivity index (χ1v) is 35.6. The van der Waals surface area contributed by atoms with Crippen molar-refractivity contribution >= 4 is 60.8 Å². The standard InChI is InChI=1S/C39H56N6O3S.C33H46N4O2S/c1-26-20-27(2)22-29(21-26)36-33(34-23-35(49-37(34)40-36)39(4,5)38(48)45-30-6-7-31(45)9-8-30)10-11-41-12-14-42(15-13-41)24-32(47)25-43-16-18-44(19-17-43)28(3)46;1-21-16-22(2)18-24(17-21)30-27(10-11-35-12-14-36(15-13-35)20-23(3)38)28-19-29(40-31(28)34-30)33(4,5)32(39)37-25-6-7-26(37)9-8-25/h20-23,30-32,40,47H,6-19,24-25H2,1-5H3;16-19,23,25-26,34,38H,6-15,20H2,1-5H3. The van der Waals surface area contributed by atoms with Gasteiger partial charge in [0.25, 0.3) is 0 Å². The molecule has 2 atom stereocenters. The fraction of sp³-hybridized carbons (Fsp3) is 0.625. The third kappa shape index (κ3) is 13.8. The SMILES string of the molecule is CC(=O)N1CCN(CC(O)CN2CCN(CCc3c(-c4cc(C)cc(C)c4)[nH]c4sc(C(C)(C)C(=O)N5C6CCC5CC6)cc34)CC2)CC1.Cc1cc(C)cc(-c2[nH]c3sc(C(C)(C)C(=O)N4C5CCC4CC5)cc3c2CCN2CCN(CC(C)O)CC2)c1. The molecule has 6 aromatic rings. The number of aromatic amines is 2. The number of nitrogens with one attached hydrogen (secondary N) is 2. The third-order valence-electron chi connectivity index (χ3n) is 21.5. The van der Waals surface area contributed by atoms with Crippen LogP contribution in [-0.2, 0) is 38.1 Å². The van der Waals surface area contributed by atoms with Gasteiger partial charge >= 0.3 is 0 Å². The van der Waals surface area contributed by atoms with E-state index in [1.807, 2.05) is 11.8 Å². The van der Waals surface area contributed by atoms with Crippen LogP contribution in [0.3, 0.4) is 0 Å². The van der Waals surface area contributed by atoms with Crippen molar-refractivity contribution in [1.82, 2.24) is 49.2 Å². The van der Waals surface area contributed by atoms with E-state index in [1.165, 1.54) is 107 Å². The molecule has 7 aliphatic heterocycles. The molecule has 89 heavy (non-hydrogen) atoms. The van der Waals surface area contributed by atoms with Gasteiger partial charge in [0.2, 0.25) is 17.7 Å². The average molecular weight is 1250 g/mol. The predicted molar refractivity (Wildman–Crippen MR) is 364 cm³/mol. The van der Waals surface area contributed by atoms with E-state index >= 15 is 0 Å². The van der Waals surface area contributed by atoms with Gasteiger partial charge in [-0.15, -0.1) is 22.7 Å². The van der Waals surface area contributed by atoms with Crippen LogP contribution in [0.1, 0.15) is 136 Å². The largest absolute Gasteiger partial charge is 0.392 e. The molecule has 482 valence electrons. The molecule has 7 saturated heterocycles. The number of fused-ring (bicyclic) bond motifs is 6. The van der Waals surface area contributed by atoms with Crippen LogP contribution in [-0.4, -0.2) is 225 Å². The number of H-pyrrole nitrogens is 2. The minimum atomic E-state index is -0.545. The lowest BCUT2D eigenvalue weighted by Gasteiger charge is -2.38. The maximum atomic E-state index is 14.0. The molecule has 0 radical (unpaired) electrons. The highest BCUT2D eigenvalue weighted by Crippen LogP contribution is 2.47. The summed E-state index contributed by atoms with van der Waals surface area (Å²) in [5.41, 5.74) is 11.7. The van der Waals surface area contributed by atoms with E-state index in [0.717, 1.165) is 142 Å². The average Bonchev–Trinajstić information content (AvgIpc) is 4.41. The van der Waals surface area contributed by atoms with E-state index in [9.17, 15) is 24.6 Å². The summed E-state index contributed by atoms with van der Waals surface area (Å²) in [5.74, 6) is 0.754. The summed E-state index contributed by atoms with van der Waals surface area (Å²) >= 11 is 3.54. The lowest BCUT2D eigenvalue weighted by Crippen LogP contribution is -2.53. The molecule has 4 aromatic heterocycles. The van der Waals surface area contributed by atoms with Crippen LogP contribution in [0.5, 0.6) is 0 Å². The number of β-amino-alcohol motifs (C(OH)–C–C–N with tert-alkyl or cyclic N) is 2. The Morgan fingerprint density at radius 2 is 0.820 bits per heavy atom. The highest BCUT2D eigenvalue weighted by Gasteiger charge is 2.49. The summed E-state index contributed by atoms with van der Waals surface area (Å²) in [4.78, 5) is 70.5. The minimum Gasteiger partial charge on any atom is -0.392 e. The van der Waals surface area contributed by atoms with Crippen molar-refractivity contribution < 1.29 is 24.6 Å². The Hall–Kier alpha value is -4.95. The number of aromatic nitrogens is 2. The number of carbonyl (C=O) groups is 3. The molecular formula is C72H102N10O5S2. The van der Waals surface area contributed by atoms with Crippen LogP contribution in [0.2, 0.25) is 0 Å². The van der Waals surface area contributed by atoms with Crippen LogP contribution in [0.4, 0.5) is 0 Å². The second kappa shape index (κ2) is 26.6. The quantitative estimate of drug-likeness (QED) is 0.0656. The summed E-state index contributed by atoms with van der Waals surface area (Å²) in [6.07, 6.45) is 10.6. The number of amides is 3. The zero-order valence-electron chi connectivity index (χ0n) is 55.2. The number of nitrogens with zero attached hydrogens (tertiary/aromatic N) is 8. The summed E-state index contributed by atoms with van der Waals surface area (Å²) in [7, 11) is 0. The summed E-state index contributed by atoms with van der Waals surface area (Å²) in [6.45, 7) is 36.0. The molecule has 4 bridgehead atoms. The van der Waals surface area contributed by atoms with E-state index in [-0.39, 0.29) is 18.1 Å². The molecule has 2 aromatic carbocycles. The van der Waals surface area contributed by atoms with Gasteiger partial charge < -0.3 is 44.7 Å². The van der Waals surface area contributed by atoms with Crippen molar-refractivity contribution in [3.63, 3.8) is 0 Å². The number of hydrogen-bond donors (Lipinski definition) is 4. The number of aliphatic hydroxyl groups excluding tert-OH is 2. The van der Waals surface area contributed by atoms with Gasteiger partial charge in [-0.2, -0.15) is 0 Å². The van der Waals surface area contributed by atoms with Crippen molar-refractivity contribution in [2.45, 2.75) is 181 Å². The zero-order chi connectivity index (χ0) is 62.6. The fourth-order valence-corrected chi connectivity index (χ4v) is 18.8. The molecule has 4 N–H and O–H groups in total. The monoisotopic (exact) mass is 1250 g/mol. The summed E-state index contributed by atoms with van der Waals surface area (Å²) in [6, 6.07) is 20.1. The summed E-state index contributed by atoms with van der Waals surface area (Å²) < 4.78 is 0. The number of aryl methyl sites for hydroxylation is 4. The first-order valence-electron chi connectivity index (χ1n) is 33.9. The molecule has 2 unspecified atom stereocenters. The van der Waals surface area contributed by atoms with Crippen LogP contribution < -0.4 is 0 Å². The van der Waals surface area contributed by atoms with Gasteiger partial charge in [0.05, 0.1) is 34.4 Å². The molecule has 17 heteroatoms. The Kier molecular flexibility index (Phi) is 19.2. The van der Waals surface area contributed by atoms with Gasteiger partial charge in [-0.3, -0.25) is 29.1 Å². The van der Waals surface area contributed by atoms with Gasteiger partial charge in [0.15, 0.2) is 0 Å². The second-order valence-electron chi connectivity index (χ2n) is 29.1. The highest BCUT2D eigenvalue weighted by molar-refractivity contribution is 7.19. The molecule has 7 aliphatic rings. The molecule has 0 saturated carbocycles. The van der Waals surface area contributed by atoms with E-state index < -0.39 is 10.8 Å². The van der Waals surface area contributed by atoms with Gasteiger partial charge in [0, 0.05) is 163 Å². The van der Waals surface area contributed by atoms with Crippen LogP contribution in [0.15, 0.2) is 48.5 Å². The summed E-state index contributed by atoms with van der Waals surface area (Å²) in [5, 5.41) is 23.2. The van der Waals surface area contributed by atoms with Crippen molar-refractivity contribution in [2.75, 3.05) is 111 Å². The molecular weight excluding hydrogens is 1150 g/mol. The normalized spacial score (nSPS) is 23.1. The van der Waals surface area contributed by atoms with Gasteiger partial charge in [-0.1, -0.05) is 34.4 Å². The van der Waals surface area contributed by atoms with Gasteiger partial charge in [0.1, 0.15) is 9.66 Å². The minimum absolute atomic E-state index is 0.139. The molecule has 0 aliphatic carbocycles. The molecule has 15 nitrogen and oxygen atoms in total. The first kappa shape index (κ1) is 64.2. The Balaban J connectivity index is 0.000000176. The van der Waals surface area contributed by atoms with E-state index in [0.29, 0.717) is 49.1 Å². The number of rotatable bonds is 18. The molecule has 11 heterocycles. The van der Waals surface area contributed by atoms with Gasteiger partial charge in [-0.25, -0.2) is 0 Å². The zero-order valence-corrected chi connectivity index (χ0v) is 56.8.